The number of ether oxygens (including phenoxy) is 2. The molecule has 0 saturated carbocycles. The predicted octanol–water partition coefficient (Wildman–Crippen LogP) is -1.05. The lowest BCUT2D eigenvalue weighted by molar-refractivity contribution is -0.277. The minimum atomic E-state index is -1.82. The minimum absolute atomic E-state index is 0.192. The largest absolute Gasteiger partial charge is 0.507 e. The normalized spacial score (nSPS) is 26.4. The van der Waals surface area contributed by atoms with E-state index in [9.17, 15) is 45.6 Å². The van der Waals surface area contributed by atoms with Crippen LogP contribution >= 0.6 is 0 Å². The van der Waals surface area contributed by atoms with Gasteiger partial charge in [-0.3, -0.25) is 4.79 Å². The van der Waals surface area contributed by atoms with Gasteiger partial charge in [-0.2, -0.15) is 0 Å². The van der Waals surface area contributed by atoms with Gasteiger partial charge in [-0.15, -0.1) is 0 Å². The summed E-state index contributed by atoms with van der Waals surface area (Å²) in [4.78, 5) is 12.8. The van der Waals surface area contributed by atoms with Gasteiger partial charge in [0.25, 0.3) is 0 Å². The van der Waals surface area contributed by atoms with Crippen molar-refractivity contribution in [3.05, 3.63) is 28.4 Å². The van der Waals surface area contributed by atoms with Crippen LogP contribution in [0.3, 0.4) is 0 Å². The number of hydrogen-bond acceptors (Lipinski definition) is 12. The van der Waals surface area contributed by atoms with Crippen LogP contribution < -0.4 is 10.2 Å². The molecule has 1 saturated heterocycles. The van der Waals surface area contributed by atoms with E-state index in [4.69, 9.17) is 13.9 Å². The number of aliphatic hydroxyl groups excluding tert-OH is 4. The molecule has 1 fully saturated rings. The van der Waals surface area contributed by atoms with Crippen LogP contribution in [0.2, 0.25) is 0 Å². The average molecular weight is 438 g/mol. The predicted molar refractivity (Wildman–Crippen MR) is 101 cm³/mol. The molecule has 4 rings (SSSR count). The van der Waals surface area contributed by atoms with Gasteiger partial charge in [0.05, 0.1) is 12.0 Å². The van der Waals surface area contributed by atoms with E-state index in [-0.39, 0.29) is 11.0 Å². The summed E-state index contributed by atoms with van der Waals surface area (Å²) in [5, 5.41) is 78.4. The highest BCUT2D eigenvalue weighted by atomic mass is 16.7. The third-order valence-corrected chi connectivity index (χ3v) is 5.04. The summed E-state index contributed by atoms with van der Waals surface area (Å²) in [7, 11) is 0. The van der Waals surface area contributed by atoms with Crippen LogP contribution in [0.5, 0.6) is 28.7 Å². The maximum Gasteiger partial charge on any atom is 0.229 e. The third-order valence-electron chi connectivity index (χ3n) is 5.04. The fourth-order valence-corrected chi connectivity index (χ4v) is 3.39. The molecular weight excluding hydrogens is 420 g/mol. The Morgan fingerprint density at radius 2 is 1.55 bits per heavy atom. The topological polar surface area (TPSA) is 211 Å². The van der Waals surface area contributed by atoms with Crippen molar-refractivity contribution < 1.29 is 54.7 Å². The number of rotatable bonds is 3. The molecule has 12 heteroatoms. The van der Waals surface area contributed by atoms with E-state index >= 15 is 0 Å². The van der Waals surface area contributed by atoms with E-state index < -0.39 is 82.5 Å². The second-order valence-electron chi connectivity index (χ2n) is 7.03. The van der Waals surface area contributed by atoms with E-state index in [0.29, 0.717) is 0 Å². The summed E-state index contributed by atoms with van der Waals surface area (Å²) in [6.07, 6.45) is -8.27. The molecule has 0 bridgehead atoms. The van der Waals surface area contributed by atoms with Gasteiger partial charge in [-0.05, 0) is 6.07 Å². The van der Waals surface area contributed by atoms with Crippen molar-refractivity contribution in [1.29, 1.82) is 0 Å². The Kier molecular flexibility index (Phi) is 5.03. The Morgan fingerprint density at radius 3 is 2.23 bits per heavy atom. The van der Waals surface area contributed by atoms with Crippen molar-refractivity contribution in [2.45, 2.75) is 30.7 Å². The summed E-state index contributed by atoms with van der Waals surface area (Å²) in [6.45, 7) is -0.727. The van der Waals surface area contributed by atoms with Gasteiger partial charge in [0, 0.05) is 12.1 Å². The lowest BCUT2D eigenvalue weighted by Gasteiger charge is -2.39. The summed E-state index contributed by atoms with van der Waals surface area (Å²) < 4.78 is 16.2. The van der Waals surface area contributed by atoms with Crippen LogP contribution in [0, 0.1) is 0 Å². The highest BCUT2D eigenvalue weighted by molar-refractivity contribution is 5.98. The molecule has 0 radical (unpaired) electrons. The van der Waals surface area contributed by atoms with Crippen LogP contribution in [-0.2, 0) is 4.74 Å². The lowest BCUT2D eigenvalue weighted by Crippen LogP contribution is -2.60. The molecule has 5 unspecified atom stereocenters. The molecule has 2 heterocycles. The second kappa shape index (κ2) is 7.44. The number of aromatic hydroxyl groups is 4. The smallest absolute Gasteiger partial charge is 0.229 e. The first-order valence-electron chi connectivity index (χ1n) is 8.98. The molecule has 1 aliphatic rings. The Balaban J connectivity index is 1.90. The number of phenols is 4. The number of aliphatic hydroxyl groups is 4. The van der Waals surface area contributed by atoms with Gasteiger partial charge >= 0.3 is 0 Å². The SMILES string of the molecule is O=c1c2cc(O)c(O)cc2oc2c(OC3OC(CO)C(O)C(O)C3O)c(O)cc(O)c12. The second-order valence-corrected chi connectivity index (χ2v) is 7.03. The molecule has 5 atom stereocenters. The summed E-state index contributed by atoms with van der Waals surface area (Å²) in [5.74, 6) is -3.18. The van der Waals surface area contributed by atoms with Crippen LogP contribution in [0.1, 0.15) is 0 Å². The molecule has 12 nitrogen and oxygen atoms in total. The number of fused-ring (bicyclic) bond motifs is 2. The third kappa shape index (κ3) is 3.26. The first-order valence-corrected chi connectivity index (χ1v) is 8.98. The van der Waals surface area contributed by atoms with Gasteiger partial charge in [0.2, 0.25) is 17.5 Å². The van der Waals surface area contributed by atoms with Crippen molar-refractivity contribution in [2.24, 2.45) is 0 Å². The molecule has 2 aromatic carbocycles. The number of hydrogen-bond donors (Lipinski definition) is 8. The van der Waals surface area contributed by atoms with E-state index in [1.54, 1.807) is 0 Å². The van der Waals surface area contributed by atoms with Crippen molar-refractivity contribution in [3.8, 4) is 28.7 Å². The maximum atomic E-state index is 12.8. The van der Waals surface area contributed by atoms with Crippen LogP contribution in [0.15, 0.2) is 27.4 Å². The fourth-order valence-electron chi connectivity index (χ4n) is 3.39. The minimum Gasteiger partial charge on any atom is -0.507 e. The number of benzene rings is 2. The van der Waals surface area contributed by atoms with Crippen LogP contribution in [-0.4, -0.2) is 78.2 Å². The first-order chi connectivity index (χ1) is 14.6. The van der Waals surface area contributed by atoms with Crippen LogP contribution in [0.4, 0.5) is 0 Å². The van der Waals surface area contributed by atoms with Crippen LogP contribution in [0.25, 0.3) is 21.9 Å². The molecule has 0 aliphatic carbocycles. The van der Waals surface area contributed by atoms with E-state index in [2.05, 4.69) is 0 Å². The summed E-state index contributed by atoms with van der Waals surface area (Å²) in [5.41, 5.74) is -1.55. The molecule has 31 heavy (non-hydrogen) atoms. The van der Waals surface area contributed by atoms with E-state index in [0.717, 1.165) is 18.2 Å². The summed E-state index contributed by atoms with van der Waals surface area (Å²) >= 11 is 0. The zero-order valence-corrected chi connectivity index (χ0v) is 15.5. The Morgan fingerprint density at radius 1 is 0.871 bits per heavy atom. The Hall–Kier alpha value is -3.29. The first kappa shape index (κ1) is 21.0. The summed E-state index contributed by atoms with van der Waals surface area (Å²) in [6, 6.07) is 2.63. The van der Waals surface area contributed by atoms with Gasteiger partial charge < -0.3 is 54.7 Å². The molecular formula is C19H18O12. The average Bonchev–Trinajstić information content (AvgIpc) is 2.72. The van der Waals surface area contributed by atoms with Crippen molar-refractivity contribution in [3.63, 3.8) is 0 Å². The molecule has 3 aromatic rings. The zero-order chi connectivity index (χ0) is 22.6. The monoisotopic (exact) mass is 438 g/mol. The maximum absolute atomic E-state index is 12.8. The Bertz CT molecular complexity index is 1220. The molecule has 1 aliphatic heterocycles. The highest BCUT2D eigenvalue weighted by Gasteiger charge is 2.45. The van der Waals surface area contributed by atoms with Gasteiger partial charge in [0.15, 0.2) is 22.8 Å². The fraction of sp³-hybridized carbons (Fsp3) is 0.316. The highest BCUT2D eigenvalue weighted by Crippen LogP contribution is 2.42. The van der Waals surface area contributed by atoms with E-state index in [1.165, 1.54) is 0 Å². The molecule has 8 N–H and O–H groups in total. The van der Waals surface area contributed by atoms with E-state index in [1.807, 2.05) is 0 Å². The molecule has 0 spiro atoms. The lowest BCUT2D eigenvalue weighted by atomic mass is 9.99. The quantitative estimate of drug-likeness (QED) is 0.182. The van der Waals surface area contributed by atoms with Gasteiger partial charge in [-0.1, -0.05) is 0 Å². The molecule has 166 valence electrons. The molecule has 0 amide bonds. The molecule has 1 aromatic heterocycles. The van der Waals surface area contributed by atoms with Gasteiger partial charge in [0.1, 0.15) is 41.1 Å². The van der Waals surface area contributed by atoms with Crippen molar-refractivity contribution in [1.82, 2.24) is 0 Å². The number of phenolic OH excluding ortho intramolecular Hbond substituents is 4. The Labute approximate surface area is 172 Å². The zero-order valence-electron chi connectivity index (χ0n) is 15.5. The van der Waals surface area contributed by atoms with Gasteiger partial charge in [-0.25, -0.2) is 0 Å². The van der Waals surface area contributed by atoms with Crippen molar-refractivity contribution >= 4 is 21.9 Å². The standard InChI is InChI=1S/C19H18O12/c20-4-11-14(26)15(27)16(28)19(30-11)31-17-9(24)2-8(23)12-13(25)5-1-6(21)7(22)3-10(5)29-18(12)17/h1-3,11,14-16,19-24,26-28H,4H2. The van der Waals surface area contributed by atoms with Crippen molar-refractivity contribution in [2.75, 3.05) is 6.61 Å².